The monoisotopic (exact) mass is 278 g/mol. The molecule has 1 saturated carbocycles. The number of benzene rings is 1. The highest BCUT2D eigenvalue weighted by atomic mass is 19.1. The number of nitrogens with two attached hydrogens (primary N) is 1. The number of hydrogen-bond donors (Lipinski definition) is 1. The molecule has 0 bridgehead atoms. The second-order valence-corrected chi connectivity index (χ2v) is 5.54. The van der Waals surface area contributed by atoms with Gasteiger partial charge >= 0.3 is 0 Å². The van der Waals surface area contributed by atoms with E-state index in [-0.39, 0.29) is 11.7 Å². The van der Waals surface area contributed by atoms with E-state index in [2.05, 4.69) is 0 Å². The summed E-state index contributed by atoms with van der Waals surface area (Å²) in [6, 6.07) is 4.69. The van der Waals surface area contributed by atoms with Gasteiger partial charge in [0.2, 0.25) is 0 Å². The molecule has 0 spiro atoms. The Kier molecular flexibility index (Phi) is 5.12. The molecule has 0 unspecified atom stereocenters. The van der Waals surface area contributed by atoms with Gasteiger partial charge in [0, 0.05) is 18.2 Å². The Morgan fingerprint density at radius 2 is 2.10 bits per heavy atom. The summed E-state index contributed by atoms with van der Waals surface area (Å²) in [5.41, 5.74) is 6.88. The molecule has 4 heteroatoms. The lowest BCUT2D eigenvalue weighted by Crippen LogP contribution is -2.40. The molecule has 1 aliphatic carbocycles. The molecular weight excluding hydrogens is 255 g/mol. The Labute approximate surface area is 120 Å². The minimum atomic E-state index is -0.298. The van der Waals surface area contributed by atoms with Crippen molar-refractivity contribution in [2.24, 2.45) is 5.73 Å². The number of carbonyl (C=O) groups excluding carboxylic acids is 1. The molecule has 0 saturated heterocycles. The summed E-state index contributed by atoms with van der Waals surface area (Å²) in [6.45, 7) is 3.06. The molecule has 2 rings (SSSR count). The van der Waals surface area contributed by atoms with Gasteiger partial charge in [-0.05, 0) is 56.5 Å². The van der Waals surface area contributed by atoms with Gasteiger partial charge in [-0.25, -0.2) is 4.39 Å². The predicted molar refractivity (Wildman–Crippen MR) is 78.1 cm³/mol. The lowest BCUT2D eigenvalue weighted by molar-refractivity contribution is 0.0679. The van der Waals surface area contributed by atoms with E-state index >= 15 is 0 Å². The fraction of sp³-hybridized carbons (Fsp3) is 0.562. The highest BCUT2D eigenvalue weighted by Gasteiger charge is 2.27. The van der Waals surface area contributed by atoms with Crippen molar-refractivity contribution in [1.82, 2.24) is 4.90 Å². The first-order valence-corrected chi connectivity index (χ1v) is 7.40. The van der Waals surface area contributed by atoms with Crippen LogP contribution in [0.15, 0.2) is 18.2 Å². The molecule has 20 heavy (non-hydrogen) atoms. The zero-order valence-electron chi connectivity index (χ0n) is 12.1. The average Bonchev–Trinajstić information content (AvgIpc) is 2.93. The first-order valence-electron chi connectivity index (χ1n) is 7.40. The van der Waals surface area contributed by atoms with Gasteiger partial charge in [-0.15, -0.1) is 0 Å². The summed E-state index contributed by atoms with van der Waals surface area (Å²) in [7, 11) is 0. The molecule has 1 aliphatic rings. The van der Waals surface area contributed by atoms with E-state index < -0.39 is 0 Å². The Bertz CT molecular complexity index is 470. The second-order valence-electron chi connectivity index (χ2n) is 5.54. The largest absolute Gasteiger partial charge is 0.336 e. The van der Waals surface area contributed by atoms with Crippen LogP contribution in [-0.4, -0.2) is 29.9 Å². The number of halogens is 1. The van der Waals surface area contributed by atoms with Crippen molar-refractivity contribution in [1.29, 1.82) is 0 Å². The maximum absolute atomic E-state index is 13.2. The van der Waals surface area contributed by atoms with Crippen LogP contribution in [0.1, 0.15) is 48.0 Å². The van der Waals surface area contributed by atoms with Crippen molar-refractivity contribution < 1.29 is 9.18 Å². The van der Waals surface area contributed by atoms with Gasteiger partial charge in [0.25, 0.3) is 5.91 Å². The van der Waals surface area contributed by atoms with Crippen molar-refractivity contribution in [3.63, 3.8) is 0 Å². The maximum Gasteiger partial charge on any atom is 0.254 e. The first-order chi connectivity index (χ1) is 9.63. The van der Waals surface area contributed by atoms with E-state index in [9.17, 15) is 9.18 Å². The van der Waals surface area contributed by atoms with E-state index in [0.29, 0.717) is 30.3 Å². The van der Waals surface area contributed by atoms with Gasteiger partial charge in [-0.1, -0.05) is 12.8 Å². The summed E-state index contributed by atoms with van der Waals surface area (Å²) < 4.78 is 13.2. The van der Waals surface area contributed by atoms with Crippen molar-refractivity contribution in [2.75, 3.05) is 13.1 Å². The predicted octanol–water partition coefficient (Wildman–Crippen LogP) is 2.87. The number of rotatable bonds is 5. The topological polar surface area (TPSA) is 46.3 Å². The molecule has 1 fully saturated rings. The summed E-state index contributed by atoms with van der Waals surface area (Å²) >= 11 is 0. The fourth-order valence-electron chi connectivity index (χ4n) is 2.95. The first kappa shape index (κ1) is 15.0. The lowest BCUT2D eigenvalue weighted by atomic mass is 10.1. The van der Waals surface area contributed by atoms with Gasteiger partial charge in [0.05, 0.1) is 0 Å². The SMILES string of the molecule is Cc1cc(F)ccc1C(=O)N(CCCN)C1CCCC1. The highest BCUT2D eigenvalue weighted by molar-refractivity contribution is 5.95. The van der Waals surface area contributed by atoms with Crippen LogP contribution in [-0.2, 0) is 0 Å². The molecule has 0 heterocycles. The third-order valence-electron chi connectivity index (χ3n) is 4.05. The van der Waals surface area contributed by atoms with Crippen molar-refractivity contribution in [3.8, 4) is 0 Å². The van der Waals surface area contributed by atoms with Crippen molar-refractivity contribution in [2.45, 2.75) is 45.1 Å². The van der Waals surface area contributed by atoms with Crippen LogP contribution in [0.5, 0.6) is 0 Å². The molecule has 0 aromatic heterocycles. The number of carbonyl (C=O) groups is 1. The van der Waals surface area contributed by atoms with E-state index in [1.165, 1.54) is 25.0 Å². The summed E-state index contributed by atoms with van der Waals surface area (Å²) in [4.78, 5) is 14.7. The lowest BCUT2D eigenvalue weighted by Gasteiger charge is -2.29. The molecule has 0 atom stereocenters. The zero-order chi connectivity index (χ0) is 14.5. The number of amides is 1. The molecule has 1 aromatic rings. The van der Waals surface area contributed by atoms with Gasteiger partial charge in [0.15, 0.2) is 0 Å². The van der Waals surface area contributed by atoms with Crippen LogP contribution in [0, 0.1) is 12.7 Å². The molecule has 0 radical (unpaired) electrons. The minimum absolute atomic E-state index is 0.0165. The van der Waals surface area contributed by atoms with Crippen LogP contribution >= 0.6 is 0 Å². The van der Waals surface area contributed by atoms with E-state index in [0.717, 1.165) is 19.3 Å². The molecule has 1 aromatic carbocycles. The highest BCUT2D eigenvalue weighted by Crippen LogP contribution is 2.26. The van der Waals surface area contributed by atoms with Gasteiger partial charge < -0.3 is 10.6 Å². The Morgan fingerprint density at radius 1 is 1.40 bits per heavy atom. The van der Waals surface area contributed by atoms with E-state index in [1.54, 1.807) is 13.0 Å². The van der Waals surface area contributed by atoms with E-state index in [4.69, 9.17) is 5.73 Å². The van der Waals surface area contributed by atoms with Gasteiger partial charge in [-0.2, -0.15) is 0 Å². The average molecular weight is 278 g/mol. The van der Waals surface area contributed by atoms with Gasteiger partial charge in [-0.3, -0.25) is 4.79 Å². The van der Waals surface area contributed by atoms with Crippen molar-refractivity contribution >= 4 is 5.91 Å². The van der Waals surface area contributed by atoms with Crippen molar-refractivity contribution in [3.05, 3.63) is 35.1 Å². The van der Waals surface area contributed by atoms with Crippen LogP contribution in [0.3, 0.4) is 0 Å². The summed E-state index contributed by atoms with van der Waals surface area (Å²) in [5.74, 6) is -0.281. The normalized spacial score (nSPS) is 15.6. The zero-order valence-corrected chi connectivity index (χ0v) is 12.1. The molecule has 1 amide bonds. The fourth-order valence-corrected chi connectivity index (χ4v) is 2.95. The number of aryl methyl sites for hydroxylation is 1. The summed E-state index contributed by atoms with van der Waals surface area (Å²) in [6.07, 6.45) is 5.30. The Balaban J connectivity index is 2.20. The molecule has 3 nitrogen and oxygen atoms in total. The van der Waals surface area contributed by atoms with Gasteiger partial charge in [0.1, 0.15) is 5.82 Å². The number of hydrogen-bond acceptors (Lipinski definition) is 2. The molecule has 0 aliphatic heterocycles. The molecule has 2 N–H and O–H groups in total. The second kappa shape index (κ2) is 6.84. The third kappa shape index (κ3) is 3.37. The Hall–Kier alpha value is -1.42. The Morgan fingerprint density at radius 3 is 2.70 bits per heavy atom. The number of nitrogens with zero attached hydrogens (tertiary/aromatic N) is 1. The maximum atomic E-state index is 13.2. The quantitative estimate of drug-likeness (QED) is 0.900. The van der Waals surface area contributed by atoms with Crippen LogP contribution in [0.4, 0.5) is 4.39 Å². The van der Waals surface area contributed by atoms with Crippen LogP contribution in [0.25, 0.3) is 0 Å². The molecular formula is C16H23FN2O. The third-order valence-corrected chi connectivity index (χ3v) is 4.05. The van der Waals surface area contributed by atoms with Crippen LogP contribution < -0.4 is 5.73 Å². The standard InChI is InChI=1S/C16H23FN2O/c1-12-11-13(17)7-8-15(12)16(20)19(10-4-9-18)14-5-2-3-6-14/h7-8,11,14H,2-6,9-10,18H2,1H3. The summed E-state index contributed by atoms with van der Waals surface area (Å²) in [5, 5.41) is 0. The van der Waals surface area contributed by atoms with E-state index in [1.807, 2.05) is 4.90 Å². The smallest absolute Gasteiger partial charge is 0.254 e. The minimum Gasteiger partial charge on any atom is -0.336 e. The molecule has 110 valence electrons. The van der Waals surface area contributed by atoms with Crippen LogP contribution in [0.2, 0.25) is 0 Å².